The number of aryl methyl sites for hydroxylation is 2. The first-order valence-electron chi connectivity index (χ1n) is 5.80. The van der Waals surface area contributed by atoms with Gasteiger partial charge in [0.05, 0.1) is 17.0 Å². The first-order chi connectivity index (χ1) is 8.08. The number of amides is 1. The topological polar surface area (TPSA) is 75.1 Å². The number of hydrogen-bond acceptors (Lipinski definition) is 4. The van der Waals surface area contributed by atoms with Gasteiger partial charge in [-0.05, 0) is 25.3 Å². The number of carbonyl (C=O) groups is 1. The first-order valence-corrected chi connectivity index (χ1v) is 5.80. The normalized spacial score (nSPS) is 12.2. The SMILES string of the molecule is CCc1nnc(C)cc1C(=O)NCC(C)CO. The molecule has 0 aromatic carbocycles. The highest BCUT2D eigenvalue weighted by Crippen LogP contribution is 2.07. The van der Waals surface area contributed by atoms with Crippen molar-refractivity contribution in [2.24, 2.45) is 5.92 Å². The molecule has 0 aliphatic carbocycles. The summed E-state index contributed by atoms with van der Waals surface area (Å²) in [5.41, 5.74) is 2.00. The van der Waals surface area contributed by atoms with E-state index in [1.165, 1.54) is 0 Å². The molecule has 94 valence electrons. The average Bonchev–Trinajstić information content (AvgIpc) is 2.35. The molecule has 1 aromatic rings. The largest absolute Gasteiger partial charge is 0.396 e. The summed E-state index contributed by atoms with van der Waals surface area (Å²) in [5, 5.41) is 19.6. The number of hydrogen-bond donors (Lipinski definition) is 2. The van der Waals surface area contributed by atoms with Gasteiger partial charge in [-0.15, -0.1) is 0 Å². The Hall–Kier alpha value is -1.49. The maximum absolute atomic E-state index is 11.9. The molecule has 0 radical (unpaired) electrons. The lowest BCUT2D eigenvalue weighted by atomic mass is 10.1. The van der Waals surface area contributed by atoms with E-state index in [4.69, 9.17) is 5.11 Å². The number of aliphatic hydroxyl groups is 1. The molecule has 0 saturated heterocycles. The van der Waals surface area contributed by atoms with Gasteiger partial charge in [-0.1, -0.05) is 13.8 Å². The van der Waals surface area contributed by atoms with E-state index in [0.29, 0.717) is 24.2 Å². The Kier molecular flexibility index (Phi) is 5.03. The second kappa shape index (κ2) is 6.30. The minimum absolute atomic E-state index is 0.0555. The smallest absolute Gasteiger partial charge is 0.253 e. The molecule has 1 heterocycles. The van der Waals surface area contributed by atoms with Gasteiger partial charge in [-0.25, -0.2) is 0 Å². The van der Waals surface area contributed by atoms with Crippen LogP contribution < -0.4 is 5.32 Å². The Morgan fingerprint density at radius 3 is 2.82 bits per heavy atom. The van der Waals surface area contributed by atoms with Crippen molar-refractivity contribution >= 4 is 5.91 Å². The van der Waals surface area contributed by atoms with E-state index in [9.17, 15) is 4.79 Å². The summed E-state index contributed by atoms with van der Waals surface area (Å²) in [6.45, 7) is 6.14. The maximum atomic E-state index is 11.9. The molecule has 0 aliphatic rings. The van der Waals surface area contributed by atoms with E-state index in [1.807, 2.05) is 13.8 Å². The summed E-state index contributed by atoms with van der Waals surface area (Å²) < 4.78 is 0. The van der Waals surface area contributed by atoms with Gasteiger partial charge in [0.25, 0.3) is 5.91 Å². The third-order valence-electron chi connectivity index (χ3n) is 2.49. The monoisotopic (exact) mass is 237 g/mol. The molecule has 0 fully saturated rings. The summed E-state index contributed by atoms with van der Waals surface area (Å²) in [7, 11) is 0. The molecule has 0 bridgehead atoms. The Labute approximate surface area is 101 Å². The van der Waals surface area contributed by atoms with Crippen LogP contribution in [-0.2, 0) is 6.42 Å². The van der Waals surface area contributed by atoms with Crippen LogP contribution >= 0.6 is 0 Å². The molecule has 1 rings (SSSR count). The van der Waals surface area contributed by atoms with Crippen molar-refractivity contribution in [1.82, 2.24) is 15.5 Å². The fraction of sp³-hybridized carbons (Fsp3) is 0.583. The molecule has 1 aromatic heterocycles. The quantitative estimate of drug-likeness (QED) is 0.790. The molecule has 1 amide bonds. The molecule has 2 N–H and O–H groups in total. The van der Waals surface area contributed by atoms with Gasteiger partial charge in [0, 0.05) is 13.2 Å². The van der Waals surface area contributed by atoms with Crippen LogP contribution in [-0.4, -0.2) is 34.4 Å². The van der Waals surface area contributed by atoms with Gasteiger partial charge in [-0.2, -0.15) is 10.2 Å². The van der Waals surface area contributed by atoms with Crippen LogP contribution in [0.2, 0.25) is 0 Å². The van der Waals surface area contributed by atoms with Crippen molar-refractivity contribution in [3.05, 3.63) is 23.0 Å². The standard InChI is InChI=1S/C12H19N3O2/c1-4-11-10(5-9(3)14-15-11)12(17)13-6-8(2)7-16/h5,8,16H,4,6-7H2,1-3H3,(H,13,17). The number of carbonyl (C=O) groups excluding carboxylic acids is 1. The minimum atomic E-state index is -0.153. The van der Waals surface area contributed by atoms with E-state index in [0.717, 1.165) is 5.69 Å². The van der Waals surface area contributed by atoms with Crippen molar-refractivity contribution in [3.8, 4) is 0 Å². The number of rotatable bonds is 5. The third kappa shape index (κ3) is 3.78. The van der Waals surface area contributed by atoms with Crippen LogP contribution in [0.15, 0.2) is 6.07 Å². The number of aliphatic hydroxyl groups excluding tert-OH is 1. The Morgan fingerprint density at radius 2 is 2.24 bits per heavy atom. The first kappa shape index (κ1) is 13.6. The van der Waals surface area contributed by atoms with Crippen molar-refractivity contribution in [3.63, 3.8) is 0 Å². The fourth-order valence-electron chi connectivity index (χ4n) is 1.40. The van der Waals surface area contributed by atoms with E-state index >= 15 is 0 Å². The summed E-state index contributed by atoms with van der Waals surface area (Å²) in [4.78, 5) is 11.9. The second-order valence-electron chi connectivity index (χ2n) is 4.20. The zero-order valence-corrected chi connectivity index (χ0v) is 10.5. The lowest BCUT2D eigenvalue weighted by molar-refractivity contribution is 0.0940. The molecular formula is C12H19N3O2. The van der Waals surface area contributed by atoms with Gasteiger partial charge < -0.3 is 10.4 Å². The molecule has 5 heteroatoms. The van der Waals surface area contributed by atoms with E-state index in [-0.39, 0.29) is 18.4 Å². The summed E-state index contributed by atoms with van der Waals surface area (Å²) in [6.07, 6.45) is 0.672. The fourth-order valence-corrected chi connectivity index (χ4v) is 1.40. The second-order valence-corrected chi connectivity index (χ2v) is 4.20. The summed E-state index contributed by atoms with van der Waals surface area (Å²) in [6, 6.07) is 1.74. The zero-order chi connectivity index (χ0) is 12.8. The van der Waals surface area contributed by atoms with Gasteiger partial charge in [0.1, 0.15) is 0 Å². The number of nitrogens with zero attached hydrogens (tertiary/aromatic N) is 2. The van der Waals surface area contributed by atoms with Gasteiger partial charge in [0.2, 0.25) is 0 Å². The van der Waals surface area contributed by atoms with Crippen LogP contribution in [0.3, 0.4) is 0 Å². The molecule has 1 atom stereocenters. The zero-order valence-electron chi connectivity index (χ0n) is 10.5. The molecule has 0 spiro atoms. The molecule has 17 heavy (non-hydrogen) atoms. The van der Waals surface area contributed by atoms with Crippen LogP contribution in [0.25, 0.3) is 0 Å². The van der Waals surface area contributed by atoms with Gasteiger partial charge in [-0.3, -0.25) is 4.79 Å². The highest BCUT2D eigenvalue weighted by Gasteiger charge is 2.13. The van der Waals surface area contributed by atoms with Crippen molar-refractivity contribution in [1.29, 1.82) is 0 Å². The molecular weight excluding hydrogens is 218 g/mol. The van der Waals surface area contributed by atoms with E-state index in [1.54, 1.807) is 13.0 Å². The highest BCUT2D eigenvalue weighted by molar-refractivity contribution is 5.95. The van der Waals surface area contributed by atoms with Crippen molar-refractivity contribution in [2.75, 3.05) is 13.2 Å². The van der Waals surface area contributed by atoms with Crippen LogP contribution in [0.4, 0.5) is 0 Å². The molecule has 0 saturated carbocycles. The lowest BCUT2D eigenvalue weighted by Crippen LogP contribution is -2.30. The summed E-state index contributed by atoms with van der Waals surface area (Å²) in [5.74, 6) is -0.0972. The third-order valence-corrected chi connectivity index (χ3v) is 2.49. The Balaban J connectivity index is 2.77. The van der Waals surface area contributed by atoms with Crippen LogP contribution in [0, 0.1) is 12.8 Å². The molecule has 5 nitrogen and oxygen atoms in total. The average molecular weight is 237 g/mol. The molecule has 1 unspecified atom stereocenters. The predicted molar refractivity (Wildman–Crippen MR) is 64.7 cm³/mol. The van der Waals surface area contributed by atoms with Crippen molar-refractivity contribution in [2.45, 2.75) is 27.2 Å². The number of nitrogens with one attached hydrogen (secondary N) is 1. The van der Waals surface area contributed by atoms with E-state index < -0.39 is 0 Å². The Bertz CT molecular complexity index is 393. The maximum Gasteiger partial charge on any atom is 0.253 e. The summed E-state index contributed by atoms with van der Waals surface area (Å²) >= 11 is 0. The predicted octanol–water partition coefficient (Wildman–Crippen LogP) is 0.706. The lowest BCUT2D eigenvalue weighted by Gasteiger charge is -2.11. The highest BCUT2D eigenvalue weighted by atomic mass is 16.3. The molecule has 0 aliphatic heterocycles. The van der Waals surface area contributed by atoms with Gasteiger partial charge in [0.15, 0.2) is 0 Å². The van der Waals surface area contributed by atoms with Crippen LogP contribution in [0.5, 0.6) is 0 Å². The van der Waals surface area contributed by atoms with Gasteiger partial charge >= 0.3 is 0 Å². The van der Waals surface area contributed by atoms with E-state index in [2.05, 4.69) is 15.5 Å². The Morgan fingerprint density at radius 1 is 1.53 bits per heavy atom. The van der Waals surface area contributed by atoms with Crippen LogP contribution in [0.1, 0.15) is 35.6 Å². The minimum Gasteiger partial charge on any atom is -0.396 e. The van der Waals surface area contributed by atoms with Crippen molar-refractivity contribution < 1.29 is 9.90 Å². The number of aromatic nitrogens is 2.